The Morgan fingerprint density at radius 2 is 1.69 bits per heavy atom. The van der Waals surface area contributed by atoms with Crippen molar-refractivity contribution in [3.05, 3.63) is 77.6 Å². The molecule has 1 N–H and O–H groups in total. The predicted octanol–water partition coefficient (Wildman–Crippen LogP) is 4.49. The third kappa shape index (κ3) is 4.71. The van der Waals surface area contributed by atoms with Crippen LogP contribution < -0.4 is 5.32 Å². The SMILES string of the molecule is Cc1ccnn1-c1ccc(C(=O)O[C@@H](C)C(=O)Nc2ccccc2C(C)C)cc1. The first kappa shape index (κ1) is 20.3. The van der Waals surface area contributed by atoms with Crippen molar-refractivity contribution in [2.24, 2.45) is 0 Å². The van der Waals surface area contributed by atoms with Gasteiger partial charge in [0.25, 0.3) is 5.91 Å². The number of benzene rings is 2. The molecule has 6 heteroatoms. The van der Waals surface area contributed by atoms with E-state index in [4.69, 9.17) is 4.74 Å². The molecule has 6 nitrogen and oxygen atoms in total. The molecule has 0 aliphatic carbocycles. The van der Waals surface area contributed by atoms with Gasteiger partial charge in [0.05, 0.1) is 11.3 Å². The Kier molecular flexibility index (Phi) is 6.12. The van der Waals surface area contributed by atoms with Crippen molar-refractivity contribution in [3.8, 4) is 5.69 Å². The lowest BCUT2D eigenvalue weighted by atomic mass is 10.0. The molecule has 0 fully saturated rings. The molecular weight excluding hydrogens is 366 g/mol. The second kappa shape index (κ2) is 8.73. The van der Waals surface area contributed by atoms with Gasteiger partial charge in [-0.2, -0.15) is 5.10 Å². The topological polar surface area (TPSA) is 73.2 Å². The van der Waals surface area contributed by atoms with Crippen LogP contribution in [0.2, 0.25) is 0 Å². The van der Waals surface area contributed by atoms with Crippen LogP contribution in [0.5, 0.6) is 0 Å². The zero-order chi connectivity index (χ0) is 21.0. The number of anilines is 1. The van der Waals surface area contributed by atoms with Crippen LogP contribution in [0.4, 0.5) is 5.69 Å². The van der Waals surface area contributed by atoms with Crippen LogP contribution in [-0.2, 0) is 9.53 Å². The molecule has 0 saturated carbocycles. The van der Waals surface area contributed by atoms with Gasteiger partial charge in [-0.15, -0.1) is 0 Å². The van der Waals surface area contributed by atoms with Gasteiger partial charge in [0.1, 0.15) is 0 Å². The van der Waals surface area contributed by atoms with Crippen molar-refractivity contribution >= 4 is 17.6 Å². The van der Waals surface area contributed by atoms with Crippen LogP contribution in [0.15, 0.2) is 60.8 Å². The van der Waals surface area contributed by atoms with Gasteiger partial charge < -0.3 is 10.1 Å². The predicted molar refractivity (Wildman–Crippen MR) is 112 cm³/mol. The summed E-state index contributed by atoms with van der Waals surface area (Å²) in [6.07, 6.45) is 0.797. The maximum absolute atomic E-state index is 12.5. The van der Waals surface area contributed by atoms with Crippen molar-refractivity contribution in [2.75, 3.05) is 5.32 Å². The highest BCUT2D eigenvalue weighted by molar-refractivity contribution is 5.97. The number of hydrogen-bond donors (Lipinski definition) is 1. The summed E-state index contributed by atoms with van der Waals surface area (Å²) in [5.41, 5.74) is 3.98. The molecule has 1 heterocycles. The Hall–Kier alpha value is -3.41. The summed E-state index contributed by atoms with van der Waals surface area (Å²) in [4.78, 5) is 24.9. The number of para-hydroxylation sites is 1. The monoisotopic (exact) mass is 391 g/mol. The molecule has 150 valence electrons. The van der Waals surface area contributed by atoms with E-state index in [1.165, 1.54) is 0 Å². The molecule has 2 aromatic carbocycles. The van der Waals surface area contributed by atoms with Crippen molar-refractivity contribution in [1.29, 1.82) is 0 Å². The van der Waals surface area contributed by atoms with Gasteiger partial charge in [-0.1, -0.05) is 32.0 Å². The number of nitrogens with zero attached hydrogens (tertiary/aromatic N) is 2. The van der Waals surface area contributed by atoms with E-state index in [0.29, 0.717) is 5.56 Å². The van der Waals surface area contributed by atoms with E-state index in [1.54, 1.807) is 42.1 Å². The van der Waals surface area contributed by atoms with Crippen molar-refractivity contribution in [3.63, 3.8) is 0 Å². The molecule has 0 aliphatic rings. The minimum absolute atomic E-state index is 0.265. The quantitative estimate of drug-likeness (QED) is 0.629. The first-order valence-electron chi connectivity index (χ1n) is 9.58. The summed E-state index contributed by atoms with van der Waals surface area (Å²) in [5.74, 6) is -0.648. The summed E-state index contributed by atoms with van der Waals surface area (Å²) in [5, 5.41) is 7.09. The highest BCUT2D eigenvalue weighted by Gasteiger charge is 2.20. The van der Waals surface area contributed by atoms with E-state index < -0.39 is 12.1 Å². The largest absolute Gasteiger partial charge is 0.449 e. The van der Waals surface area contributed by atoms with E-state index in [0.717, 1.165) is 22.6 Å². The fourth-order valence-electron chi connectivity index (χ4n) is 3.01. The second-order valence-corrected chi connectivity index (χ2v) is 7.21. The van der Waals surface area contributed by atoms with Crippen molar-refractivity contribution < 1.29 is 14.3 Å². The van der Waals surface area contributed by atoms with E-state index in [1.807, 2.05) is 37.3 Å². The minimum atomic E-state index is -0.921. The molecular formula is C23H25N3O3. The molecule has 0 saturated heterocycles. The molecule has 1 aromatic heterocycles. The van der Waals surface area contributed by atoms with Crippen LogP contribution >= 0.6 is 0 Å². The van der Waals surface area contributed by atoms with Gasteiger partial charge in [0.15, 0.2) is 6.10 Å². The lowest BCUT2D eigenvalue weighted by Crippen LogP contribution is -2.30. The normalized spacial score (nSPS) is 11.9. The molecule has 0 spiro atoms. The summed E-state index contributed by atoms with van der Waals surface area (Å²) in [6, 6.07) is 16.4. The highest BCUT2D eigenvalue weighted by atomic mass is 16.5. The number of carbonyl (C=O) groups is 2. The van der Waals surface area contributed by atoms with E-state index in [2.05, 4.69) is 24.3 Å². The Labute approximate surface area is 170 Å². The highest BCUT2D eigenvalue weighted by Crippen LogP contribution is 2.24. The Bertz CT molecular complexity index is 1010. The molecule has 0 radical (unpaired) electrons. The Morgan fingerprint density at radius 1 is 1.00 bits per heavy atom. The molecule has 3 rings (SSSR count). The zero-order valence-corrected chi connectivity index (χ0v) is 17.0. The average molecular weight is 391 g/mol. The summed E-state index contributed by atoms with van der Waals surface area (Å²) >= 11 is 0. The maximum Gasteiger partial charge on any atom is 0.338 e. The fourth-order valence-corrected chi connectivity index (χ4v) is 3.01. The van der Waals surface area contributed by atoms with Crippen molar-refractivity contribution in [1.82, 2.24) is 9.78 Å². The number of carbonyl (C=O) groups excluding carboxylic acids is 2. The van der Waals surface area contributed by atoms with E-state index in [9.17, 15) is 9.59 Å². The first-order chi connectivity index (χ1) is 13.9. The lowest BCUT2D eigenvalue weighted by Gasteiger charge is -2.17. The third-order valence-corrected chi connectivity index (χ3v) is 4.67. The summed E-state index contributed by atoms with van der Waals surface area (Å²) in [6.45, 7) is 7.63. The van der Waals surface area contributed by atoms with E-state index >= 15 is 0 Å². The van der Waals surface area contributed by atoms with Gasteiger partial charge >= 0.3 is 5.97 Å². The van der Waals surface area contributed by atoms with Crippen LogP contribution in [0.3, 0.4) is 0 Å². The first-order valence-corrected chi connectivity index (χ1v) is 9.58. The minimum Gasteiger partial charge on any atom is -0.449 e. The Balaban J connectivity index is 1.64. The number of aryl methyl sites for hydroxylation is 1. The number of esters is 1. The standard InChI is InChI=1S/C23H25N3O3/c1-15(2)20-7-5-6-8-21(20)25-22(27)17(4)29-23(28)18-9-11-19(12-10-18)26-16(3)13-14-24-26/h5-15,17H,1-4H3,(H,25,27)/t17-/m0/s1. The number of amides is 1. The number of rotatable bonds is 6. The second-order valence-electron chi connectivity index (χ2n) is 7.21. The van der Waals surface area contributed by atoms with Gasteiger partial charge in [0, 0.05) is 17.6 Å². The van der Waals surface area contributed by atoms with Crippen LogP contribution in [0, 0.1) is 6.92 Å². The molecule has 0 bridgehead atoms. The third-order valence-electron chi connectivity index (χ3n) is 4.67. The Morgan fingerprint density at radius 3 is 2.31 bits per heavy atom. The molecule has 1 amide bonds. The molecule has 3 aromatic rings. The fraction of sp³-hybridized carbons (Fsp3) is 0.261. The van der Waals surface area contributed by atoms with Crippen LogP contribution in [0.25, 0.3) is 5.69 Å². The van der Waals surface area contributed by atoms with Gasteiger partial charge in [0.2, 0.25) is 0 Å². The number of ether oxygens (including phenoxy) is 1. The van der Waals surface area contributed by atoms with Crippen LogP contribution in [0.1, 0.15) is 48.3 Å². The molecule has 1 atom stereocenters. The maximum atomic E-state index is 12.5. The van der Waals surface area contributed by atoms with Gasteiger partial charge in [-0.25, -0.2) is 9.48 Å². The summed E-state index contributed by atoms with van der Waals surface area (Å²) < 4.78 is 7.13. The summed E-state index contributed by atoms with van der Waals surface area (Å²) in [7, 11) is 0. The van der Waals surface area contributed by atoms with Gasteiger partial charge in [-0.05, 0) is 61.7 Å². The molecule has 29 heavy (non-hydrogen) atoms. The number of hydrogen-bond acceptors (Lipinski definition) is 4. The number of nitrogens with one attached hydrogen (secondary N) is 1. The number of aromatic nitrogens is 2. The molecule has 0 aliphatic heterocycles. The van der Waals surface area contributed by atoms with E-state index in [-0.39, 0.29) is 11.8 Å². The smallest absolute Gasteiger partial charge is 0.338 e. The van der Waals surface area contributed by atoms with Gasteiger partial charge in [-0.3, -0.25) is 4.79 Å². The molecule has 0 unspecified atom stereocenters. The van der Waals surface area contributed by atoms with Crippen molar-refractivity contribution in [2.45, 2.75) is 39.7 Å². The lowest BCUT2D eigenvalue weighted by molar-refractivity contribution is -0.123. The zero-order valence-electron chi connectivity index (χ0n) is 17.0. The van der Waals surface area contributed by atoms with Crippen LogP contribution in [-0.4, -0.2) is 27.8 Å². The average Bonchev–Trinajstić information content (AvgIpc) is 3.14.